The number of thiazole rings is 1. The third-order valence-corrected chi connectivity index (χ3v) is 4.94. The molecule has 0 bridgehead atoms. The lowest BCUT2D eigenvalue weighted by atomic mass is 10.2. The maximum absolute atomic E-state index is 5.42. The first-order valence-corrected chi connectivity index (χ1v) is 9.14. The molecule has 0 amide bonds. The highest BCUT2D eigenvalue weighted by molar-refractivity contribution is 8.93. The first-order valence-electron chi connectivity index (χ1n) is 8.26. The van der Waals surface area contributed by atoms with Crippen LogP contribution < -0.4 is 14.8 Å². The molecule has 0 saturated heterocycles. The second-order valence-electron chi connectivity index (χ2n) is 5.78. The number of aromatic nitrogens is 4. The Labute approximate surface area is 169 Å². The predicted molar refractivity (Wildman–Crippen MR) is 110 cm³/mol. The molecule has 27 heavy (non-hydrogen) atoms. The number of ether oxygens (including phenoxy) is 2. The average molecular weight is 446 g/mol. The van der Waals surface area contributed by atoms with Crippen LogP contribution in [0.2, 0.25) is 0 Å². The summed E-state index contributed by atoms with van der Waals surface area (Å²) < 4.78 is 12.8. The van der Waals surface area contributed by atoms with Crippen molar-refractivity contribution in [1.82, 2.24) is 19.4 Å². The van der Waals surface area contributed by atoms with Crippen LogP contribution in [0.4, 0.5) is 10.8 Å². The van der Waals surface area contributed by atoms with Gasteiger partial charge in [0.1, 0.15) is 5.69 Å². The minimum atomic E-state index is 0. The molecule has 7 nitrogen and oxygen atoms in total. The minimum Gasteiger partial charge on any atom is -0.454 e. The number of fused-ring (bicyclic) bond motifs is 2. The van der Waals surface area contributed by atoms with Gasteiger partial charge in [0, 0.05) is 29.5 Å². The standard InChI is InChI=1S/C18H15N5O2S.BrH/c1-2-12-16(23-7-3-6-19-17(23)21-12)13-9-26-18(22-13)20-11-4-5-14-15(8-11)25-10-24-14;/h3-9H,2,10H2,1H3,(H,20,22);1H. The van der Waals surface area contributed by atoms with Crippen molar-refractivity contribution in [1.29, 1.82) is 0 Å². The number of halogens is 1. The zero-order valence-electron chi connectivity index (χ0n) is 14.4. The summed E-state index contributed by atoms with van der Waals surface area (Å²) in [4.78, 5) is 13.7. The summed E-state index contributed by atoms with van der Waals surface area (Å²) >= 11 is 1.55. The summed E-state index contributed by atoms with van der Waals surface area (Å²) in [5, 5.41) is 6.17. The van der Waals surface area contributed by atoms with E-state index in [9.17, 15) is 0 Å². The molecule has 0 spiro atoms. The van der Waals surface area contributed by atoms with Crippen molar-refractivity contribution in [3.8, 4) is 22.9 Å². The van der Waals surface area contributed by atoms with Crippen LogP contribution >= 0.6 is 28.3 Å². The molecule has 3 aromatic heterocycles. The molecular weight excluding hydrogens is 430 g/mol. The number of hydrogen-bond donors (Lipinski definition) is 1. The van der Waals surface area contributed by atoms with E-state index in [0.717, 1.165) is 45.8 Å². The van der Waals surface area contributed by atoms with Crippen molar-refractivity contribution in [2.24, 2.45) is 0 Å². The number of nitrogens with zero attached hydrogens (tertiary/aromatic N) is 4. The van der Waals surface area contributed by atoms with Gasteiger partial charge >= 0.3 is 0 Å². The largest absolute Gasteiger partial charge is 0.454 e. The lowest BCUT2D eigenvalue weighted by Gasteiger charge is -2.04. The van der Waals surface area contributed by atoms with E-state index in [1.54, 1.807) is 17.5 Å². The molecule has 4 aromatic rings. The molecule has 0 aliphatic carbocycles. The molecule has 138 valence electrons. The van der Waals surface area contributed by atoms with Gasteiger partial charge in [0.15, 0.2) is 16.6 Å². The first kappa shape index (κ1) is 17.7. The molecule has 0 saturated carbocycles. The van der Waals surface area contributed by atoms with Gasteiger partial charge in [-0.3, -0.25) is 4.40 Å². The van der Waals surface area contributed by atoms with Crippen molar-refractivity contribution < 1.29 is 9.47 Å². The molecule has 1 aliphatic heterocycles. The molecule has 5 rings (SSSR count). The van der Waals surface area contributed by atoms with Gasteiger partial charge in [0.2, 0.25) is 12.6 Å². The van der Waals surface area contributed by atoms with Gasteiger partial charge in [-0.05, 0) is 24.6 Å². The van der Waals surface area contributed by atoms with E-state index in [1.165, 1.54) is 0 Å². The summed E-state index contributed by atoms with van der Waals surface area (Å²) in [6, 6.07) is 7.66. The Morgan fingerprint density at radius 3 is 3.00 bits per heavy atom. The SMILES string of the molecule is Br.CCc1nc2ncccn2c1-c1csc(Nc2ccc3c(c2)OCO3)n1. The predicted octanol–water partition coefficient (Wildman–Crippen LogP) is 4.47. The van der Waals surface area contributed by atoms with Gasteiger partial charge in [-0.2, -0.15) is 0 Å². The maximum atomic E-state index is 5.42. The zero-order chi connectivity index (χ0) is 17.5. The Kier molecular flexibility index (Phi) is 4.71. The number of aryl methyl sites for hydroxylation is 1. The molecule has 0 fully saturated rings. The van der Waals surface area contributed by atoms with Crippen LogP contribution in [-0.4, -0.2) is 26.1 Å². The first-order chi connectivity index (χ1) is 12.8. The second kappa shape index (κ2) is 7.16. The highest BCUT2D eigenvalue weighted by Crippen LogP contribution is 2.36. The van der Waals surface area contributed by atoms with Crippen LogP contribution in [0.3, 0.4) is 0 Å². The second-order valence-corrected chi connectivity index (χ2v) is 6.64. The van der Waals surface area contributed by atoms with Crippen molar-refractivity contribution in [2.75, 3.05) is 12.1 Å². The molecule has 0 radical (unpaired) electrons. The Morgan fingerprint density at radius 1 is 1.22 bits per heavy atom. The minimum absolute atomic E-state index is 0. The fourth-order valence-corrected chi connectivity index (χ4v) is 3.70. The molecular formula is C18H16BrN5O2S. The molecule has 1 aromatic carbocycles. The van der Waals surface area contributed by atoms with E-state index < -0.39 is 0 Å². The lowest BCUT2D eigenvalue weighted by molar-refractivity contribution is 0.174. The molecule has 1 N–H and O–H groups in total. The normalized spacial score (nSPS) is 12.2. The van der Waals surface area contributed by atoms with E-state index >= 15 is 0 Å². The topological polar surface area (TPSA) is 73.6 Å². The number of anilines is 2. The Bertz CT molecular complexity index is 1110. The van der Waals surface area contributed by atoms with Crippen molar-refractivity contribution in [2.45, 2.75) is 13.3 Å². The van der Waals surface area contributed by atoms with Gasteiger partial charge in [-0.25, -0.2) is 15.0 Å². The van der Waals surface area contributed by atoms with Gasteiger partial charge in [0.25, 0.3) is 0 Å². The van der Waals surface area contributed by atoms with Crippen LogP contribution in [0.1, 0.15) is 12.6 Å². The van der Waals surface area contributed by atoms with Gasteiger partial charge < -0.3 is 14.8 Å². The molecule has 0 unspecified atom stereocenters. The number of rotatable bonds is 4. The summed E-state index contributed by atoms with van der Waals surface area (Å²) in [7, 11) is 0. The molecule has 9 heteroatoms. The number of imidazole rings is 1. The van der Waals surface area contributed by atoms with E-state index in [-0.39, 0.29) is 23.8 Å². The van der Waals surface area contributed by atoms with Crippen LogP contribution in [0.5, 0.6) is 11.5 Å². The summed E-state index contributed by atoms with van der Waals surface area (Å²) in [6.45, 7) is 2.35. The van der Waals surface area contributed by atoms with Gasteiger partial charge in [0.05, 0.1) is 11.4 Å². The third-order valence-electron chi connectivity index (χ3n) is 4.18. The number of hydrogen-bond acceptors (Lipinski definition) is 7. The van der Waals surface area contributed by atoms with Crippen LogP contribution in [0.15, 0.2) is 42.0 Å². The van der Waals surface area contributed by atoms with E-state index in [1.807, 2.05) is 40.2 Å². The maximum Gasteiger partial charge on any atom is 0.234 e. The number of benzene rings is 1. The van der Waals surface area contributed by atoms with Crippen molar-refractivity contribution in [3.63, 3.8) is 0 Å². The molecule has 4 heterocycles. The van der Waals surface area contributed by atoms with E-state index in [2.05, 4.69) is 22.2 Å². The zero-order valence-corrected chi connectivity index (χ0v) is 16.9. The van der Waals surface area contributed by atoms with E-state index in [4.69, 9.17) is 14.5 Å². The summed E-state index contributed by atoms with van der Waals surface area (Å²) in [5.41, 5.74) is 3.77. The Balaban J connectivity index is 0.00000180. The van der Waals surface area contributed by atoms with E-state index in [0.29, 0.717) is 5.78 Å². The Hall–Kier alpha value is -2.65. The Morgan fingerprint density at radius 2 is 2.11 bits per heavy atom. The average Bonchev–Trinajstić information content (AvgIpc) is 3.38. The monoisotopic (exact) mass is 445 g/mol. The lowest BCUT2D eigenvalue weighted by Crippen LogP contribution is -1.93. The smallest absolute Gasteiger partial charge is 0.234 e. The fraction of sp³-hybridized carbons (Fsp3) is 0.167. The highest BCUT2D eigenvalue weighted by atomic mass is 79.9. The van der Waals surface area contributed by atoms with Crippen LogP contribution in [0, 0.1) is 0 Å². The van der Waals surface area contributed by atoms with Crippen molar-refractivity contribution in [3.05, 3.63) is 47.7 Å². The van der Waals surface area contributed by atoms with Gasteiger partial charge in [-0.1, -0.05) is 6.92 Å². The van der Waals surface area contributed by atoms with Gasteiger partial charge in [-0.15, -0.1) is 28.3 Å². The quantitative estimate of drug-likeness (QED) is 0.499. The van der Waals surface area contributed by atoms with Crippen molar-refractivity contribution >= 4 is 44.9 Å². The highest BCUT2D eigenvalue weighted by Gasteiger charge is 2.17. The number of nitrogens with one attached hydrogen (secondary N) is 1. The van der Waals surface area contributed by atoms with Crippen LogP contribution in [-0.2, 0) is 6.42 Å². The van der Waals surface area contributed by atoms with Crippen LogP contribution in [0.25, 0.3) is 17.2 Å². The molecule has 0 atom stereocenters. The fourth-order valence-electron chi connectivity index (χ4n) is 2.99. The summed E-state index contributed by atoms with van der Waals surface area (Å²) in [6.07, 6.45) is 4.54. The third kappa shape index (κ3) is 3.13. The summed E-state index contributed by atoms with van der Waals surface area (Å²) in [5.74, 6) is 2.20. The molecule has 1 aliphatic rings.